The largest absolute Gasteiger partial charge is 0.496 e. The number of hydrogen-bond donors (Lipinski definition) is 0. The Balaban J connectivity index is 2.36. The summed E-state index contributed by atoms with van der Waals surface area (Å²) >= 11 is 5.92. The summed E-state index contributed by atoms with van der Waals surface area (Å²) in [4.78, 5) is 12.6. The summed E-state index contributed by atoms with van der Waals surface area (Å²) in [7, 11) is 1.51. The van der Waals surface area contributed by atoms with Crippen LogP contribution in [-0.2, 0) is 0 Å². The van der Waals surface area contributed by atoms with E-state index in [0.717, 1.165) is 0 Å². The number of halogens is 1. The van der Waals surface area contributed by atoms with Gasteiger partial charge in [-0.3, -0.25) is 4.79 Å². The molecule has 0 aliphatic heterocycles. The molecule has 0 aliphatic carbocycles. The van der Waals surface area contributed by atoms with Gasteiger partial charge >= 0.3 is 0 Å². The van der Waals surface area contributed by atoms with Gasteiger partial charge in [-0.25, -0.2) is 0 Å². The first-order valence-electron chi connectivity index (χ1n) is 6.66. The van der Waals surface area contributed by atoms with E-state index in [1.807, 2.05) is 19.9 Å². The Morgan fingerprint density at radius 2 is 1.90 bits per heavy atom. The van der Waals surface area contributed by atoms with Crippen LogP contribution in [0.4, 0.5) is 0 Å². The topological polar surface area (TPSA) is 35.5 Å². The summed E-state index contributed by atoms with van der Waals surface area (Å²) in [6, 6.07) is 12.1. The average Bonchev–Trinajstić information content (AvgIpc) is 2.46. The van der Waals surface area contributed by atoms with Crippen LogP contribution in [0.3, 0.4) is 0 Å². The molecular formula is C17H17ClO3. The minimum Gasteiger partial charge on any atom is -0.496 e. The van der Waals surface area contributed by atoms with Crippen LogP contribution >= 0.6 is 11.6 Å². The second kappa shape index (κ2) is 6.64. The zero-order valence-electron chi connectivity index (χ0n) is 12.2. The molecule has 0 bridgehead atoms. The Kier molecular flexibility index (Phi) is 4.86. The Bertz CT molecular complexity index is 650. The number of rotatable bonds is 5. The van der Waals surface area contributed by atoms with Crippen LogP contribution in [0.15, 0.2) is 42.5 Å². The standard InChI is InChI=1S/C17H17ClO3/c1-11(2)21-14-6-4-5-12(9-14)17(19)15-8-7-13(18)10-16(15)20-3/h4-11H,1-3H3. The van der Waals surface area contributed by atoms with Gasteiger partial charge in [-0.05, 0) is 44.2 Å². The first-order valence-corrected chi connectivity index (χ1v) is 7.04. The smallest absolute Gasteiger partial charge is 0.196 e. The van der Waals surface area contributed by atoms with Crippen LogP contribution in [0.2, 0.25) is 5.02 Å². The van der Waals surface area contributed by atoms with Gasteiger partial charge in [0.15, 0.2) is 5.78 Å². The monoisotopic (exact) mass is 304 g/mol. The molecule has 0 amide bonds. The van der Waals surface area contributed by atoms with Crippen molar-refractivity contribution < 1.29 is 14.3 Å². The molecule has 3 nitrogen and oxygen atoms in total. The first kappa shape index (κ1) is 15.4. The number of carbonyl (C=O) groups is 1. The molecule has 0 unspecified atom stereocenters. The number of benzene rings is 2. The predicted molar refractivity (Wildman–Crippen MR) is 83.6 cm³/mol. The highest BCUT2D eigenvalue weighted by molar-refractivity contribution is 6.31. The van der Waals surface area contributed by atoms with Gasteiger partial charge in [0.2, 0.25) is 0 Å². The molecule has 0 aromatic heterocycles. The van der Waals surface area contributed by atoms with Crippen LogP contribution in [0.5, 0.6) is 11.5 Å². The quantitative estimate of drug-likeness (QED) is 0.770. The fourth-order valence-corrected chi connectivity index (χ4v) is 2.15. The Morgan fingerprint density at radius 3 is 2.57 bits per heavy atom. The number of carbonyl (C=O) groups excluding carboxylic acids is 1. The van der Waals surface area contributed by atoms with Gasteiger partial charge in [0.25, 0.3) is 0 Å². The van der Waals surface area contributed by atoms with E-state index in [1.54, 1.807) is 36.4 Å². The van der Waals surface area contributed by atoms with E-state index in [9.17, 15) is 4.79 Å². The van der Waals surface area contributed by atoms with Crippen molar-refractivity contribution in [2.24, 2.45) is 0 Å². The third kappa shape index (κ3) is 3.76. The van der Waals surface area contributed by atoms with Crippen molar-refractivity contribution in [1.29, 1.82) is 0 Å². The highest BCUT2D eigenvalue weighted by atomic mass is 35.5. The van der Waals surface area contributed by atoms with Gasteiger partial charge in [-0.1, -0.05) is 23.7 Å². The third-order valence-corrected chi connectivity index (χ3v) is 3.11. The fourth-order valence-electron chi connectivity index (χ4n) is 1.99. The second-order valence-electron chi connectivity index (χ2n) is 4.87. The van der Waals surface area contributed by atoms with Gasteiger partial charge in [-0.2, -0.15) is 0 Å². The number of ether oxygens (including phenoxy) is 2. The lowest BCUT2D eigenvalue weighted by Crippen LogP contribution is -2.07. The molecular weight excluding hydrogens is 288 g/mol. The lowest BCUT2D eigenvalue weighted by molar-refractivity contribution is 0.103. The van der Waals surface area contributed by atoms with Crippen LogP contribution < -0.4 is 9.47 Å². The van der Waals surface area contributed by atoms with E-state index in [2.05, 4.69) is 0 Å². The van der Waals surface area contributed by atoms with E-state index in [1.165, 1.54) is 7.11 Å². The van der Waals surface area contributed by atoms with Crippen molar-refractivity contribution >= 4 is 17.4 Å². The van der Waals surface area contributed by atoms with Gasteiger partial charge < -0.3 is 9.47 Å². The average molecular weight is 305 g/mol. The lowest BCUT2D eigenvalue weighted by atomic mass is 10.0. The maximum absolute atomic E-state index is 12.6. The summed E-state index contributed by atoms with van der Waals surface area (Å²) in [5.74, 6) is 1.00. The van der Waals surface area contributed by atoms with Crippen LogP contribution in [0.1, 0.15) is 29.8 Å². The lowest BCUT2D eigenvalue weighted by Gasteiger charge is -2.11. The SMILES string of the molecule is COc1cc(Cl)ccc1C(=O)c1cccc(OC(C)C)c1. The van der Waals surface area contributed by atoms with E-state index in [4.69, 9.17) is 21.1 Å². The maximum Gasteiger partial charge on any atom is 0.196 e. The summed E-state index contributed by atoms with van der Waals surface area (Å²) in [5, 5.41) is 0.528. The van der Waals surface area contributed by atoms with Crippen molar-refractivity contribution in [2.75, 3.05) is 7.11 Å². The number of hydrogen-bond acceptors (Lipinski definition) is 3. The Hall–Kier alpha value is -2.00. The van der Waals surface area contributed by atoms with Crippen molar-refractivity contribution in [3.63, 3.8) is 0 Å². The van der Waals surface area contributed by atoms with Crippen molar-refractivity contribution in [3.8, 4) is 11.5 Å². The molecule has 0 saturated carbocycles. The minimum absolute atomic E-state index is 0.0559. The molecule has 2 rings (SSSR count). The molecule has 0 saturated heterocycles. The molecule has 0 N–H and O–H groups in total. The molecule has 0 spiro atoms. The van der Waals surface area contributed by atoms with Crippen LogP contribution in [0, 0.1) is 0 Å². The van der Waals surface area contributed by atoms with Gasteiger partial charge in [0.05, 0.1) is 18.8 Å². The normalized spacial score (nSPS) is 10.5. The summed E-state index contributed by atoms with van der Waals surface area (Å²) in [6.07, 6.45) is 0.0559. The molecule has 0 fully saturated rings. The highest BCUT2D eigenvalue weighted by Gasteiger charge is 2.15. The summed E-state index contributed by atoms with van der Waals surface area (Å²) in [5.41, 5.74) is 1.03. The first-order chi connectivity index (χ1) is 10.0. The zero-order chi connectivity index (χ0) is 15.4. The van der Waals surface area contributed by atoms with Crippen molar-refractivity contribution in [1.82, 2.24) is 0 Å². The van der Waals surface area contributed by atoms with Gasteiger partial charge in [0.1, 0.15) is 11.5 Å². The van der Waals surface area contributed by atoms with Crippen LogP contribution in [-0.4, -0.2) is 19.0 Å². The number of methoxy groups -OCH3 is 1. The molecule has 0 heterocycles. The summed E-state index contributed by atoms with van der Waals surface area (Å²) in [6.45, 7) is 3.88. The molecule has 4 heteroatoms. The van der Waals surface area contributed by atoms with Crippen molar-refractivity contribution in [3.05, 3.63) is 58.6 Å². The summed E-state index contributed by atoms with van der Waals surface area (Å²) < 4.78 is 10.8. The molecule has 2 aromatic carbocycles. The maximum atomic E-state index is 12.6. The molecule has 0 aliphatic rings. The predicted octanol–water partition coefficient (Wildman–Crippen LogP) is 4.37. The third-order valence-electron chi connectivity index (χ3n) is 2.88. The molecule has 110 valence electrons. The van der Waals surface area contributed by atoms with Crippen LogP contribution in [0.25, 0.3) is 0 Å². The van der Waals surface area contributed by atoms with E-state index >= 15 is 0 Å². The number of ketones is 1. The van der Waals surface area contributed by atoms with E-state index in [-0.39, 0.29) is 11.9 Å². The highest BCUT2D eigenvalue weighted by Crippen LogP contribution is 2.26. The van der Waals surface area contributed by atoms with E-state index in [0.29, 0.717) is 27.6 Å². The minimum atomic E-state index is -0.127. The second-order valence-corrected chi connectivity index (χ2v) is 5.30. The van der Waals surface area contributed by atoms with Crippen molar-refractivity contribution in [2.45, 2.75) is 20.0 Å². The zero-order valence-corrected chi connectivity index (χ0v) is 13.0. The molecule has 2 aromatic rings. The molecule has 0 atom stereocenters. The Labute approximate surface area is 129 Å². The van der Waals surface area contributed by atoms with Gasteiger partial charge in [0, 0.05) is 10.6 Å². The fraction of sp³-hybridized carbons (Fsp3) is 0.235. The van der Waals surface area contributed by atoms with E-state index < -0.39 is 0 Å². The Morgan fingerprint density at radius 1 is 1.14 bits per heavy atom. The molecule has 0 radical (unpaired) electrons. The van der Waals surface area contributed by atoms with Gasteiger partial charge in [-0.15, -0.1) is 0 Å². The molecule has 21 heavy (non-hydrogen) atoms.